The smallest absolute Gasteiger partial charge is 0.352 e. The summed E-state index contributed by atoms with van der Waals surface area (Å²) in [7, 11) is 1.59. The molecule has 31 heavy (non-hydrogen) atoms. The summed E-state index contributed by atoms with van der Waals surface area (Å²) in [6.07, 6.45) is -2.48. The third-order valence-corrected chi connectivity index (χ3v) is 5.67. The molecule has 1 saturated heterocycles. The molecule has 0 radical (unpaired) electrons. The molecule has 1 unspecified atom stereocenters. The van der Waals surface area contributed by atoms with Gasteiger partial charge in [-0.15, -0.1) is 0 Å². The van der Waals surface area contributed by atoms with Crippen LogP contribution in [0.5, 0.6) is 0 Å². The van der Waals surface area contributed by atoms with Crippen molar-refractivity contribution in [2.75, 3.05) is 39.8 Å². The Kier molecular flexibility index (Phi) is 6.88. The summed E-state index contributed by atoms with van der Waals surface area (Å²) in [6, 6.07) is 3.97. The number of piperazine rings is 1. The zero-order valence-corrected chi connectivity index (χ0v) is 17.6. The van der Waals surface area contributed by atoms with Gasteiger partial charge in [0.05, 0.1) is 18.2 Å². The molecule has 1 aromatic rings. The molecule has 1 saturated carbocycles. The van der Waals surface area contributed by atoms with Crippen molar-refractivity contribution in [1.29, 1.82) is 0 Å². The first-order chi connectivity index (χ1) is 14.6. The maximum absolute atomic E-state index is 12.7. The molecule has 3 amide bonds. The van der Waals surface area contributed by atoms with Gasteiger partial charge in [-0.2, -0.15) is 13.2 Å². The zero-order valence-electron chi connectivity index (χ0n) is 17.6. The van der Waals surface area contributed by atoms with Crippen LogP contribution in [-0.2, 0) is 15.8 Å². The molecule has 1 aromatic carbocycles. The molecule has 1 aliphatic carbocycles. The number of hydrogen-bond donors (Lipinski definition) is 1. The molecule has 1 N–H and O–H groups in total. The van der Waals surface area contributed by atoms with Crippen molar-refractivity contribution in [2.45, 2.75) is 38.0 Å². The van der Waals surface area contributed by atoms with Crippen molar-refractivity contribution >= 4 is 17.7 Å². The quantitative estimate of drug-likeness (QED) is 0.729. The number of carbonyl (C=O) groups is 3. The number of halogens is 3. The summed E-state index contributed by atoms with van der Waals surface area (Å²) in [4.78, 5) is 42.1. The van der Waals surface area contributed by atoms with Gasteiger partial charge in [0.1, 0.15) is 0 Å². The van der Waals surface area contributed by atoms with Gasteiger partial charge in [0.15, 0.2) is 0 Å². The summed E-state index contributed by atoms with van der Waals surface area (Å²) < 4.78 is 38.1. The largest absolute Gasteiger partial charge is 0.416 e. The second-order valence-electron chi connectivity index (χ2n) is 8.12. The fourth-order valence-electron chi connectivity index (χ4n) is 3.57. The lowest BCUT2D eigenvalue weighted by Gasteiger charge is -2.38. The highest BCUT2D eigenvalue weighted by Crippen LogP contribution is 2.29. The van der Waals surface area contributed by atoms with Crippen molar-refractivity contribution in [1.82, 2.24) is 20.0 Å². The Labute approximate surface area is 179 Å². The van der Waals surface area contributed by atoms with E-state index in [9.17, 15) is 27.6 Å². The summed E-state index contributed by atoms with van der Waals surface area (Å²) in [6.45, 7) is 3.42. The van der Waals surface area contributed by atoms with Crippen molar-refractivity contribution in [2.24, 2.45) is 0 Å². The number of rotatable bonds is 6. The second-order valence-corrected chi connectivity index (χ2v) is 8.12. The van der Waals surface area contributed by atoms with Crippen molar-refractivity contribution in [3.63, 3.8) is 0 Å². The van der Waals surface area contributed by atoms with Crippen LogP contribution < -0.4 is 5.32 Å². The van der Waals surface area contributed by atoms with Gasteiger partial charge < -0.3 is 15.1 Å². The number of carbonyl (C=O) groups excluding carboxylic acids is 3. The molecule has 1 heterocycles. The van der Waals surface area contributed by atoms with E-state index >= 15 is 0 Å². The average molecular weight is 440 g/mol. The number of amides is 3. The number of alkyl halides is 3. The van der Waals surface area contributed by atoms with E-state index in [1.54, 1.807) is 18.9 Å². The molecular formula is C21H27F3N4O3. The zero-order chi connectivity index (χ0) is 22.8. The van der Waals surface area contributed by atoms with Crippen LogP contribution in [0.4, 0.5) is 13.2 Å². The minimum absolute atomic E-state index is 0.00600. The number of hydrogen-bond acceptors (Lipinski definition) is 4. The van der Waals surface area contributed by atoms with Crippen molar-refractivity contribution in [3.8, 4) is 0 Å². The Bertz CT molecular complexity index is 816. The minimum atomic E-state index is -4.44. The predicted molar refractivity (Wildman–Crippen MR) is 107 cm³/mol. The maximum atomic E-state index is 12.7. The summed E-state index contributed by atoms with van der Waals surface area (Å²) in [5.74, 6) is -0.674. The highest BCUT2D eigenvalue weighted by Gasteiger charge is 2.32. The molecule has 3 rings (SSSR count). The lowest BCUT2D eigenvalue weighted by atomic mass is 10.1. The van der Waals surface area contributed by atoms with E-state index in [4.69, 9.17) is 0 Å². The Morgan fingerprint density at radius 2 is 1.68 bits per heavy atom. The number of nitrogens with one attached hydrogen (secondary N) is 1. The molecular weight excluding hydrogens is 413 g/mol. The van der Waals surface area contributed by atoms with E-state index in [1.807, 2.05) is 4.90 Å². The maximum Gasteiger partial charge on any atom is 0.416 e. The Hall–Kier alpha value is -2.62. The van der Waals surface area contributed by atoms with Crippen LogP contribution in [-0.4, -0.2) is 84.3 Å². The van der Waals surface area contributed by atoms with Gasteiger partial charge in [0.25, 0.3) is 5.91 Å². The minimum Gasteiger partial charge on any atom is -0.352 e. The molecule has 0 bridgehead atoms. The van der Waals surface area contributed by atoms with Crippen molar-refractivity contribution < 1.29 is 27.6 Å². The van der Waals surface area contributed by atoms with Crippen LogP contribution in [0.1, 0.15) is 35.7 Å². The first-order valence-corrected chi connectivity index (χ1v) is 10.3. The van der Waals surface area contributed by atoms with Gasteiger partial charge in [0.2, 0.25) is 11.8 Å². The Morgan fingerprint density at radius 3 is 2.19 bits per heavy atom. The van der Waals surface area contributed by atoms with Crippen molar-refractivity contribution in [3.05, 3.63) is 35.4 Å². The number of benzene rings is 1. The molecule has 2 fully saturated rings. The fourth-order valence-corrected chi connectivity index (χ4v) is 3.57. The van der Waals surface area contributed by atoms with E-state index in [2.05, 4.69) is 5.32 Å². The summed E-state index contributed by atoms with van der Waals surface area (Å²) in [5, 5.41) is 2.85. The summed E-state index contributed by atoms with van der Waals surface area (Å²) >= 11 is 0. The molecule has 10 heteroatoms. The second kappa shape index (κ2) is 9.25. The number of likely N-dealkylation sites (N-methyl/N-ethyl adjacent to an activating group) is 1. The first-order valence-electron chi connectivity index (χ1n) is 10.3. The SMILES string of the molecule is CC(C(=O)N(C)CC(=O)NC1CC1)N1CCN(C(=O)c2ccc(C(F)(F)F)cc2)CC1. The molecule has 170 valence electrons. The molecule has 0 aromatic heterocycles. The molecule has 2 aliphatic rings. The van der Waals surface area contributed by atoms with E-state index in [0.717, 1.165) is 25.0 Å². The van der Waals surface area contributed by atoms with E-state index < -0.39 is 17.8 Å². The highest BCUT2D eigenvalue weighted by atomic mass is 19.4. The standard InChI is InChI=1S/C21H27F3N4O3/c1-14(19(30)26(2)13-18(29)25-17-7-8-17)27-9-11-28(12-10-27)20(31)15-3-5-16(6-4-15)21(22,23)24/h3-6,14,17H,7-13H2,1-2H3,(H,25,29). The van der Waals surface area contributed by atoms with Gasteiger partial charge >= 0.3 is 6.18 Å². The fraction of sp³-hybridized carbons (Fsp3) is 0.571. The lowest BCUT2D eigenvalue weighted by molar-refractivity contribution is -0.139. The Balaban J connectivity index is 1.49. The normalized spacial score (nSPS) is 18.4. The van der Waals surface area contributed by atoms with Gasteiger partial charge in [-0.3, -0.25) is 19.3 Å². The van der Waals surface area contributed by atoms with Crippen LogP contribution in [0.3, 0.4) is 0 Å². The first kappa shape index (κ1) is 23.1. The molecule has 0 spiro atoms. The third-order valence-electron chi connectivity index (χ3n) is 5.67. The highest BCUT2D eigenvalue weighted by molar-refractivity contribution is 5.94. The van der Waals surface area contributed by atoms with Crippen LogP contribution in [0.25, 0.3) is 0 Å². The van der Waals surface area contributed by atoms with E-state index in [-0.39, 0.29) is 35.9 Å². The van der Waals surface area contributed by atoms with Crippen LogP contribution in [0.2, 0.25) is 0 Å². The van der Waals surface area contributed by atoms with Crippen LogP contribution >= 0.6 is 0 Å². The van der Waals surface area contributed by atoms with Crippen LogP contribution in [0.15, 0.2) is 24.3 Å². The number of nitrogens with zero attached hydrogens (tertiary/aromatic N) is 3. The van der Waals surface area contributed by atoms with Crippen LogP contribution in [0, 0.1) is 0 Å². The summed E-state index contributed by atoms with van der Waals surface area (Å²) in [5.41, 5.74) is -0.594. The molecule has 7 nitrogen and oxygen atoms in total. The molecule has 1 atom stereocenters. The Morgan fingerprint density at radius 1 is 1.10 bits per heavy atom. The molecule has 1 aliphatic heterocycles. The van der Waals surface area contributed by atoms with Gasteiger partial charge in [-0.25, -0.2) is 0 Å². The average Bonchev–Trinajstić information content (AvgIpc) is 3.55. The van der Waals surface area contributed by atoms with Gasteiger partial charge in [-0.1, -0.05) is 0 Å². The topological polar surface area (TPSA) is 73.0 Å². The third kappa shape index (κ3) is 5.96. The van der Waals surface area contributed by atoms with Gasteiger partial charge in [0, 0.05) is 44.8 Å². The van der Waals surface area contributed by atoms with E-state index in [1.165, 1.54) is 17.0 Å². The predicted octanol–water partition coefficient (Wildman–Crippen LogP) is 1.59. The monoisotopic (exact) mass is 440 g/mol. The van der Waals surface area contributed by atoms with Gasteiger partial charge in [-0.05, 0) is 44.0 Å². The lowest BCUT2D eigenvalue weighted by Crippen LogP contribution is -2.55. The van der Waals surface area contributed by atoms with E-state index in [0.29, 0.717) is 26.2 Å².